The van der Waals surface area contributed by atoms with Crippen molar-refractivity contribution in [3.63, 3.8) is 0 Å². The normalized spacial score (nSPS) is 29.9. The van der Waals surface area contributed by atoms with Gasteiger partial charge >= 0.3 is 0 Å². The van der Waals surface area contributed by atoms with Gasteiger partial charge < -0.3 is 15.1 Å². The molecule has 2 aliphatic rings. The second-order valence-corrected chi connectivity index (χ2v) is 7.02. The number of rotatable bonds is 2. The van der Waals surface area contributed by atoms with E-state index in [0.29, 0.717) is 11.9 Å². The lowest BCUT2D eigenvalue weighted by atomic mass is 9.77. The maximum Gasteiger partial charge on any atom is 0.240 e. The van der Waals surface area contributed by atoms with E-state index in [-0.39, 0.29) is 23.9 Å². The summed E-state index contributed by atoms with van der Waals surface area (Å²) in [6, 6.07) is 0.520. The minimum Gasteiger partial charge on any atom is -0.340 e. The minimum atomic E-state index is 0. The van der Waals surface area contributed by atoms with Gasteiger partial charge in [-0.2, -0.15) is 0 Å². The molecule has 4 nitrogen and oxygen atoms in total. The first-order chi connectivity index (χ1) is 8.92. The van der Waals surface area contributed by atoms with Crippen LogP contribution in [0.5, 0.6) is 0 Å². The molecule has 0 spiro atoms. The van der Waals surface area contributed by atoms with Gasteiger partial charge in [0.1, 0.15) is 0 Å². The summed E-state index contributed by atoms with van der Waals surface area (Å²) in [6.45, 7) is 7.23. The maximum absolute atomic E-state index is 12.8. The second-order valence-electron chi connectivity index (χ2n) is 7.02. The van der Waals surface area contributed by atoms with E-state index in [1.807, 2.05) is 0 Å². The third kappa shape index (κ3) is 3.86. The highest BCUT2D eigenvalue weighted by atomic mass is 35.5. The quantitative estimate of drug-likeness (QED) is 0.844. The molecule has 0 radical (unpaired) electrons. The Kier molecular flexibility index (Phi) is 6.29. The topological polar surface area (TPSA) is 35.6 Å². The molecule has 0 aromatic carbocycles. The van der Waals surface area contributed by atoms with Crippen molar-refractivity contribution in [3.05, 3.63) is 0 Å². The lowest BCUT2D eigenvalue weighted by Gasteiger charge is -2.43. The van der Waals surface area contributed by atoms with Gasteiger partial charge in [0.15, 0.2) is 0 Å². The second kappa shape index (κ2) is 7.10. The summed E-state index contributed by atoms with van der Waals surface area (Å²) in [5.41, 5.74) is 0.0837. The molecule has 1 N–H and O–H groups in total. The van der Waals surface area contributed by atoms with E-state index in [0.717, 1.165) is 32.5 Å². The van der Waals surface area contributed by atoms with Crippen LogP contribution in [0, 0.1) is 5.41 Å². The number of hydrogen-bond donors (Lipinski definition) is 1. The Morgan fingerprint density at radius 1 is 1.30 bits per heavy atom. The Balaban J connectivity index is 0.00000200. The van der Waals surface area contributed by atoms with Crippen molar-refractivity contribution >= 4 is 18.3 Å². The first-order valence-corrected chi connectivity index (χ1v) is 7.60. The van der Waals surface area contributed by atoms with Crippen LogP contribution in [-0.4, -0.2) is 61.5 Å². The number of piperidine rings is 2. The number of carbonyl (C=O) groups is 1. The zero-order valence-corrected chi connectivity index (χ0v) is 14.1. The molecule has 5 heteroatoms. The number of amides is 1. The maximum atomic E-state index is 12.8. The first kappa shape index (κ1) is 17.7. The molecule has 118 valence electrons. The van der Waals surface area contributed by atoms with Crippen LogP contribution in [0.2, 0.25) is 0 Å². The van der Waals surface area contributed by atoms with Gasteiger partial charge in [-0.25, -0.2) is 0 Å². The fourth-order valence-corrected chi connectivity index (χ4v) is 3.39. The van der Waals surface area contributed by atoms with E-state index in [4.69, 9.17) is 0 Å². The summed E-state index contributed by atoms with van der Waals surface area (Å²) in [7, 11) is 4.23. The van der Waals surface area contributed by atoms with Gasteiger partial charge in [-0.1, -0.05) is 13.8 Å². The van der Waals surface area contributed by atoms with E-state index in [1.54, 1.807) is 0 Å². The summed E-state index contributed by atoms with van der Waals surface area (Å²) in [4.78, 5) is 17.1. The molecular weight excluding hydrogens is 274 g/mol. The standard InChI is InChI=1S/C15H29N3O.ClH/c1-15(2)8-6-9-16-13(15)14(19)18-10-5-7-12(11-18)17(3)4;/h12-13,16H,5-11H2,1-4H3;1H. The minimum absolute atomic E-state index is 0. The number of likely N-dealkylation sites (tertiary alicyclic amines) is 1. The molecule has 2 rings (SSSR count). The fourth-order valence-electron chi connectivity index (χ4n) is 3.39. The molecule has 2 heterocycles. The van der Waals surface area contributed by atoms with Gasteiger partial charge in [-0.05, 0) is 51.7 Å². The van der Waals surface area contributed by atoms with E-state index < -0.39 is 0 Å². The molecule has 2 unspecified atom stereocenters. The van der Waals surface area contributed by atoms with Crippen LogP contribution in [0.25, 0.3) is 0 Å². The smallest absolute Gasteiger partial charge is 0.240 e. The highest BCUT2D eigenvalue weighted by molar-refractivity contribution is 5.85. The molecule has 20 heavy (non-hydrogen) atoms. The van der Waals surface area contributed by atoms with Crippen molar-refractivity contribution < 1.29 is 4.79 Å². The molecule has 0 aromatic rings. The van der Waals surface area contributed by atoms with Crippen LogP contribution in [-0.2, 0) is 4.79 Å². The Morgan fingerprint density at radius 3 is 2.60 bits per heavy atom. The van der Waals surface area contributed by atoms with Crippen molar-refractivity contribution in [1.82, 2.24) is 15.1 Å². The number of likely N-dealkylation sites (N-methyl/N-ethyl adjacent to an activating group) is 1. The van der Waals surface area contributed by atoms with Crippen LogP contribution in [0.15, 0.2) is 0 Å². The predicted molar refractivity (Wildman–Crippen MR) is 85.3 cm³/mol. The van der Waals surface area contributed by atoms with E-state index in [1.165, 1.54) is 12.8 Å². The van der Waals surface area contributed by atoms with Crippen LogP contribution in [0.4, 0.5) is 0 Å². The van der Waals surface area contributed by atoms with Crippen molar-refractivity contribution in [3.8, 4) is 0 Å². The molecule has 0 aliphatic carbocycles. The number of hydrogen-bond acceptors (Lipinski definition) is 3. The zero-order valence-electron chi connectivity index (χ0n) is 13.3. The SMILES string of the molecule is CN(C)C1CCCN(C(=O)C2NCCCC2(C)C)C1.Cl. The average Bonchev–Trinajstić information content (AvgIpc) is 2.37. The van der Waals surface area contributed by atoms with Gasteiger partial charge in [0, 0.05) is 19.1 Å². The van der Waals surface area contributed by atoms with Gasteiger partial charge in [0.2, 0.25) is 5.91 Å². The van der Waals surface area contributed by atoms with Crippen LogP contribution in [0.3, 0.4) is 0 Å². The Bertz CT molecular complexity index is 333. The Morgan fingerprint density at radius 2 is 2.00 bits per heavy atom. The fraction of sp³-hybridized carbons (Fsp3) is 0.933. The predicted octanol–water partition coefficient (Wildman–Crippen LogP) is 1.74. The van der Waals surface area contributed by atoms with Crippen LogP contribution in [0.1, 0.15) is 39.5 Å². The van der Waals surface area contributed by atoms with E-state index in [9.17, 15) is 4.79 Å². The largest absolute Gasteiger partial charge is 0.340 e. The van der Waals surface area contributed by atoms with Crippen LogP contribution >= 0.6 is 12.4 Å². The lowest BCUT2D eigenvalue weighted by molar-refractivity contribution is -0.139. The van der Waals surface area contributed by atoms with E-state index >= 15 is 0 Å². The highest BCUT2D eigenvalue weighted by Crippen LogP contribution is 2.31. The average molecular weight is 304 g/mol. The molecule has 2 aliphatic heterocycles. The molecule has 0 saturated carbocycles. The van der Waals surface area contributed by atoms with Gasteiger partial charge in [-0.15, -0.1) is 12.4 Å². The van der Waals surface area contributed by atoms with Gasteiger partial charge in [0.25, 0.3) is 0 Å². The van der Waals surface area contributed by atoms with Crippen molar-refractivity contribution in [2.45, 2.75) is 51.6 Å². The molecular formula is C15H30ClN3O. The summed E-state index contributed by atoms with van der Waals surface area (Å²) >= 11 is 0. The molecule has 2 saturated heterocycles. The zero-order chi connectivity index (χ0) is 14.0. The number of nitrogens with one attached hydrogen (secondary N) is 1. The molecule has 2 fully saturated rings. The number of halogens is 1. The third-order valence-corrected chi connectivity index (χ3v) is 4.81. The van der Waals surface area contributed by atoms with Crippen molar-refractivity contribution in [2.24, 2.45) is 5.41 Å². The Hall–Kier alpha value is -0.320. The van der Waals surface area contributed by atoms with Crippen molar-refractivity contribution in [2.75, 3.05) is 33.7 Å². The summed E-state index contributed by atoms with van der Waals surface area (Å²) in [5.74, 6) is 0.316. The van der Waals surface area contributed by atoms with Crippen molar-refractivity contribution in [1.29, 1.82) is 0 Å². The summed E-state index contributed by atoms with van der Waals surface area (Å²) in [6.07, 6.45) is 4.65. The molecule has 0 aromatic heterocycles. The summed E-state index contributed by atoms with van der Waals surface area (Å²) in [5, 5.41) is 3.45. The first-order valence-electron chi connectivity index (χ1n) is 7.60. The Labute approximate surface area is 129 Å². The van der Waals surface area contributed by atoms with Gasteiger partial charge in [0.05, 0.1) is 6.04 Å². The molecule has 2 atom stereocenters. The van der Waals surface area contributed by atoms with Gasteiger partial charge in [-0.3, -0.25) is 4.79 Å². The lowest BCUT2D eigenvalue weighted by Crippen LogP contribution is -2.59. The number of nitrogens with zero attached hydrogens (tertiary/aromatic N) is 2. The summed E-state index contributed by atoms with van der Waals surface area (Å²) < 4.78 is 0. The molecule has 0 bridgehead atoms. The number of carbonyl (C=O) groups excluding carboxylic acids is 1. The monoisotopic (exact) mass is 303 g/mol. The third-order valence-electron chi connectivity index (χ3n) is 4.81. The van der Waals surface area contributed by atoms with E-state index in [2.05, 4.69) is 43.1 Å². The highest BCUT2D eigenvalue weighted by Gasteiger charge is 2.40. The molecule has 1 amide bonds. The van der Waals surface area contributed by atoms with Crippen LogP contribution < -0.4 is 5.32 Å².